The number of aliphatic imine (C=N–C) groups is 1. The molecule has 0 radical (unpaired) electrons. The summed E-state index contributed by atoms with van der Waals surface area (Å²) in [6.07, 6.45) is 1.95. The first-order valence-electron chi connectivity index (χ1n) is 5.93. The van der Waals surface area contributed by atoms with E-state index in [9.17, 15) is 9.59 Å². The van der Waals surface area contributed by atoms with Gasteiger partial charge >= 0.3 is 6.03 Å². The predicted octanol–water partition coefficient (Wildman–Crippen LogP) is 0.678. The zero-order valence-corrected chi connectivity index (χ0v) is 11.5. The molecule has 0 aliphatic carbocycles. The lowest BCUT2D eigenvalue weighted by atomic mass is 10.1. The van der Waals surface area contributed by atoms with Crippen LogP contribution in [0.4, 0.5) is 4.79 Å². The molecule has 98 valence electrons. The molecule has 0 saturated carbocycles. The van der Waals surface area contributed by atoms with E-state index in [4.69, 9.17) is 12.2 Å². The fourth-order valence-electron chi connectivity index (χ4n) is 2.13. The van der Waals surface area contributed by atoms with Crippen molar-refractivity contribution in [1.29, 1.82) is 0 Å². The number of imide groups is 1. The third-order valence-corrected chi connectivity index (χ3v) is 3.57. The van der Waals surface area contributed by atoms with E-state index in [1.165, 1.54) is 11.9 Å². The highest BCUT2D eigenvalue weighted by Crippen LogP contribution is 2.23. The summed E-state index contributed by atoms with van der Waals surface area (Å²) in [7, 11) is 3.10. The number of nitrogens with zero attached hydrogens (tertiary/aromatic N) is 4. The Bertz CT molecular complexity index is 448. The van der Waals surface area contributed by atoms with Gasteiger partial charge in [-0.1, -0.05) is 13.3 Å². The molecule has 1 fully saturated rings. The van der Waals surface area contributed by atoms with E-state index in [2.05, 4.69) is 11.9 Å². The number of thiocarbonyl (C=S) groups is 1. The molecule has 1 atom stereocenters. The largest absolute Gasteiger partial charge is 0.331 e. The number of rotatable bonds is 3. The average molecular weight is 268 g/mol. The van der Waals surface area contributed by atoms with Crippen LogP contribution in [0.15, 0.2) is 4.99 Å². The molecule has 3 amide bonds. The van der Waals surface area contributed by atoms with Gasteiger partial charge in [-0.05, 0) is 18.6 Å². The number of amides is 3. The summed E-state index contributed by atoms with van der Waals surface area (Å²) in [6, 6.07) is -0.896. The van der Waals surface area contributed by atoms with Crippen LogP contribution in [0.5, 0.6) is 0 Å². The normalized spacial score (nSPS) is 23.7. The van der Waals surface area contributed by atoms with Gasteiger partial charge in [-0.25, -0.2) is 9.79 Å². The zero-order chi connectivity index (χ0) is 13.4. The first-order chi connectivity index (χ1) is 8.49. The van der Waals surface area contributed by atoms with Gasteiger partial charge in [0.1, 0.15) is 5.84 Å². The van der Waals surface area contributed by atoms with Crippen LogP contribution < -0.4 is 0 Å². The number of hydrogen-bond donors (Lipinski definition) is 0. The Morgan fingerprint density at radius 3 is 2.56 bits per heavy atom. The van der Waals surface area contributed by atoms with E-state index in [1.807, 2.05) is 0 Å². The molecule has 0 aromatic rings. The number of urea groups is 1. The highest BCUT2D eigenvalue weighted by atomic mass is 32.1. The number of carbonyl (C=O) groups is 2. The fraction of sp³-hybridized carbons (Fsp3) is 0.636. The summed E-state index contributed by atoms with van der Waals surface area (Å²) >= 11 is 5.18. The minimum absolute atomic E-state index is 0.257. The highest BCUT2D eigenvalue weighted by Gasteiger charge is 2.48. The summed E-state index contributed by atoms with van der Waals surface area (Å²) in [5.41, 5.74) is 0. The summed E-state index contributed by atoms with van der Waals surface area (Å²) in [5, 5.41) is 0.395. The Morgan fingerprint density at radius 1 is 1.28 bits per heavy atom. The topological polar surface area (TPSA) is 56.2 Å². The second-order valence-electron chi connectivity index (χ2n) is 4.44. The molecule has 2 aliphatic heterocycles. The van der Waals surface area contributed by atoms with Gasteiger partial charge in [0.15, 0.2) is 11.2 Å². The smallest absolute Gasteiger partial charge is 0.329 e. The maximum Gasteiger partial charge on any atom is 0.331 e. The molecule has 6 nitrogen and oxygen atoms in total. The summed E-state index contributed by atoms with van der Waals surface area (Å²) in [5.74, 6) is 0.192. The number of fused-ring (bicyclic) bond motifs is 1. The van der Waals surface area contributed by atoms with Crippen LogP contribution >= 0.6 is 12.2 Å². The van der Waals surface area contributed by atoms with Gasteiger partial charge in [0.05, 0.1) is 0 Å². The molecule has 2 aliphatic rings. The molecule has 0 spiro atoms. The SMILES string of the molecule is CCCCN1C(=S)N=C2C1C(=O)N(C)C(=O)N2C. The number of unbranched alkanes of at least 4 members (excludes halogenated alkanes) is 1. The van der Waals surface area contributed by atoms with Gasteiger partial charge in [-0.15, -0.1) is 0 Å². The van der Waals surface area contributed by atoms with Crippen LogP contribution in [0.25, 0.3) is 0 Å². The van der Waals surface area contributed by atoms with Crippen molar-refractivity contribution in [2.24, 2.45) is 4.99 Å². The molecular weight excluding hydrogens is 252 g/mol. The van der Waals surface area contributed by atoms with Crippen LogP contribution in [0.3, 0.4) is 0 Å². The second-order valence-corrected chi connectivity index (χ2v) is 4.81. The Morgan fingerprint density at radius 2 is 1.94 bits per heavy atom. The van der Waals surface area contributed by atoms with Gasteiger partial charge in [-0.2, -0.15) is 0 Å². The third kappa shape index (κ3) is 1.78. The van der Waals surface area contributed by atoms with Crippen LogP contribution in [0, 0.1) is 0 Å². The molecule has 2 heterocycles. The van der Waals surface area contributed by atoms with Crippen molar-refractivity contribution < 1.29 is 9.59 Å². The summed E-state index contributed by atoms with van der Waals surface area (Å²) in [4.78, 5) is 32.5. The second kappa shape index (κ2) is 4.64. The van der Waals surface area contributed by atoms with E-state index in [0.717, 1.165) is 17.7 Å². The number of likely N-dealkylation sites (N-methyl/N-ethyl adjacent to an activating group) is 2. The lowest BCUT2D eigenvalue weighted by Gasteiger charge is -2.36. The third-order valence-electron chi connectivity index (χ3n) is 3.25. The van der Waals surface area contributed by atoms with Crippen molar-refractivity contribution in [1.82, 2.24) is 14.7 Å². The van der Waals surface area contributed by atoms with E-state index in [0.29, 0.717) is 17.5 Å². The van der Waals surface area contributed by atoms with Gasteiger partial charge in [0.25, 0.3) is 5.91 Å². The lowest BCUT2D eigenvalue weighted by Crippen LogP contribution is -2.62. The molecule has 0 N–H and O–H groups in total. The van der Waals surface area contributed by atoms with Crippen molar-refractivity contribution in [3.05, 3.63) is 0 Å². The van der Waals surface area contributed by atoms with Crippen LogP contribution in [0.2, 0.25) is 0 Å². The predicted molar refractivity (Wildman–Crippen MR) is 71.4 cm³/mol. The molecule has 0 aromatic heterocycles. The maximum absolute atomic E-state index is 12.2. The average Bonchev–Trinajstić information content (AvgIpc) is 2.68. The van der Waals surface area contributed by atoms with Crippen molar-refractivity contribution in [2.75, 3.05) is 20.6 Å². The molecular formula is C11H16N4O2S. The minimum atomic E-state index is -0.531. The zero-order valence-electron chi connectivity index (χ0n) is 10.7. The molecule has 2 rings (SSSR count). The number of amidine groups is 1. The molecule has 1 unspecified atom stereocenters. The van der Waals surface area contributed by atoms with E-state index in [-0.39, 0.29) is 11.9 Å². The first kappa shape index (κ1) is 12.9. The van der Waals surface area contributed by atoms with Crippen molar-refractivity contribution in [2.45, 2.75) is 25.8 Å². The maximum atomic E-state index is 12.2. The molecule has 0 bridgehead atoms. The quantitative estimate of drug-likeness (QED) is 0.706. The van der Waals surface area contributed by atoms with E-state index >= 15 is 0 Å². The summed E-state index contributed by atoms with van der Waals surface area (Å²) in [6.45, 7) is 2.76. The van der Waals surface area contributed by atoms with Crippen LogP contribution in [-0.4, -0.2) is 64.3 Å². The monoisotopic (exact) mass is 268 g/mol. The van der Waals surface area contributed by atoms with Crippen LogP contribution in [0.1, 0.15) is 19.8 Å². The molecule has 0 aromatic carbocycles. The van der Waals surface area contributed by atoms with E-state index in [1.54, 1.807) is 11.9 Å². The molecule has 1 saturated heterocycles. The standard InChI is InChI=1S/C11H16N4O2S/c1-4-5-6-15-7-8(12-10(15)18)13(2)11(17)14(3)9(7)16/h7H,4-6H2,1-3H3. The lowest BCUT2D eigenvalue weighted by molar-refractivity contribution is -0.130. The molecule has 18 heavy (non-hydrogen) atoms. The van der Waals surface area contributed by atoms with Gasteiger partial charge in [0, 0.05) is 20.6 Å². The van der Waals surface area contributed by atoms with E-state index < -0.39 is 6.04 Å². The summed E-state index contributed by atoms with van der Waals surface area (Å²) < 4.78 is 0. The van der Waals surface area contributed by atoms with Crippen molar-refractivity contribution >= 4 is 35.1 Å². The Labute approximate surface area is 111 Å². The van der Waals surface area contributed by atoms with Crippen molar-refractivity contribution in [3.63, 3.8) is 0 Å². The Hall–Kier alpha value is -1.50. The van der Waals surface area contributed by atoms with Crippen molar-refractivity contribution in [3.8, 4) is 0 Å². The Balaban J connectivity index is 2.30. The minimum Gasteiger partial charge on any atom is -0.329 e. The van der Waals surface area contributed by atoms with Crippen LogP contribution in [-0.2, 0) is 4.79 Å². The fourth-order valence-corrected chi connectivity index (χ4v) is 2.42. The highest BCUT2D eigenvalue weighted by molar-refractivity contribution is 7.80. The Kier molecular flexibility index (Phi) is 3.34. The van der Waals surface area contributed by atoms with Gasteiger partial charge < -0.3 is 4.90 Å². The van der Waals surface area contributed by atoms with Gasteiger partial charge in [-0.3, -0.25) is 14.6 Å². The molecule has 7 heteroatoms. The number of hydrogen-bond acceptors (Lipinski definition) is 3. The first-order valence-corrected chi connectivity index (χ1v) is 6.34. The van der Waals surface area contributed by atoms with Gasteiger partial charge in [0.2, 0.25) is 0 Å². The number of carbonyl (C=O) groups excluding carboxylic acids is 2.